The zero-order chi connectivity index (χ0) is 5.86. The fraction of sp³-hybridized carbons (Fsp3) is 0.600. The first-order valence-corrected chi connectivity index (χ1v) is 2.58. The highest BCUT2D eigenvalue weighted by Crippen LogP contribution is 1.91. The number of hydrogen-bond acceptors (Lipinski definition) is 2. The molecule has 0 saturated carbocycles. The van der Waals surface area contributed by atoms with Crippen molar-refractivity contribution in [3.8, 4) is 0 Å². The second kappa shape index (κ2) is 2.86. The van der Waals surface area contributed by atoms with Crippen molar-refractivity contribution < 1.29 is 4.79 Å². The molecule has 7 heavy (non-hydrogen) atoms. The van der Waals surface area contributed by atoms with Crippen LogP contribution in [0.15, 0.2) is 0 Å². The van der Waals surface area contributed by atoms with Gasteiger partial charge in [0.1, 0.15) is 0 Å². The maximum absolute atomic E-state index is 9.81. The molecule has 1 nitrogen and oxygen atoms in total. The van der Waals surface area contributed by atoms with Crippen LogP contribution in [0, 0.1) is 5.92 Å². The number of aldehydes is 1. The second-order valence-electron chi connectivity index (χ2n) is 1.67. The smallest absolute Gasteiger partial charge is 0.157 e. The normalized spacial score (nSPS) is 9.00. The van der Waals surface area contributed by atoms with Crippen molar-refractivity contribution in [1.82, 2.24) is 0 Å². The van der Waals surface area contributed by atoms with Gasteiger partial charge in [-0.25, -0.2) is 0 Å². The van der Waals surface area contributed by atoms with Gasteiger partial charge < -0.3 is 0 Å². The molecule has 0 heterocycles. The fourth-order valence-electron chi connectivity index (χ4n) is 0.136. The summed E-state index contributed by atoms with van der Waals surface area (Å²) in [5, 5.41) is 0. The van der Waals surface area contributed by atoms with Crippen molar-refractivity contribution in [3.05, 3.63) is 0 Å². The maximum atomic E-state index is 9.81. The SMILES string of the molecule is CC(C)C(=S)C=O. The van der Waals surface area contributed by atoms with E-state index in [9.17, 15) is 4.79 Å². The van der Waals surface area contributed by atoms with Gasteiger partial charge in [-0.1, -0.05) is 26.1 Å². The minimum atomic E-state index is 0.229. The van der Waals surface area contributed by atoms with E-state index < -0.39 is 0 Å². The third-order valence-electron chi connectivity index (χ3n) is 0.685. The first-order valence-electron chi connectivity index (χ1n) is 2.17. The topological polar surface area (TPSA) is 17.1 Å². The van der Waals surface area contributed by atoms with Gasteiger partial charge in [0.2, 0.25) is 0 Å². The molecule has 0 aliphatic carbocycles. The number of carbonyl (C=O) groups excluding carboxylic acids is 1. The lowest BCUT2D eigenvalue weighted by molar-refractivity contribution is -0.102. The average Bonchev–Trinajstić information content (AvgIpc) is 1.65. The van der Waals surface area contributed by atoms with Crippen LogP contribution in [0.2, 0.25) is 0 Å². The van der Waals surface area contributed by atoms with E-state index >= 15 is 0 Å². The minimum Gasteiger partial charge on any atom is -0.297 e. The lowest BCUT2D eigenvalue weighted by Crippen LogP contribution is -2.03. The molecule has 0 aliphatic heterocycles. The van der Waals surface area contributed by atoms with Crippen LogP contribution in [-0.2, 0) is 4.79 Å². The summed E-state index contributed by atoms with van der Waals surface area (Å²) in [6, 6.07) is 0. The molecule has 0 N–H and O–H groups in total. The molecule has 0 aromatic rings. The van der Waals surface area contributed by atoms with E-state index in [1.54, 1.807) is 0 Å². The average molecular weight is 116 g/mol. The van der Waals surface area contributed by atoms with E-state index in [0.717, 1.165) is 6.29 Å². The quantitative estimate of drug-likeness (QED) is 0.398. The van der Waals surface area contributed by atoms with E-state index in [1.807, 2.05) is 13.8 Å². The molecule has 0 saturated heterocycles. The van der Waals surface area contributed by atoms with Gasteiger partial charge in [0.25, 0.3) is 0 Å². The lowest BCUT2D eigenvalue weighted by Gasteiger charge is -1.93. The molecular formula is C5H8OS. The molecule has 0 aromatic carbocycles. The third kappa shape index (κ3) is 2.45. The summed E-state index contributed by atoms with van der Waals surface area (Å²) in [7, 11) is 0. The predicted molar refractivity (Wildman–Crippen MR) is 33.5 cm³/mol. The highest BCUT2D eigenvalue weighted by molar-refractivity contribution is 7.81. The summed E-state index contributed by atoms with van der Waals surface area (Å²) in [6.07, 6.45) is 0.722. The van der Waals surface area contributed by atoms with Gasteiger partial charge >= 0.3 is 0 Å². The Morgan fingerprint density at radius 3 is 2.14 bits per heavy atom. The van der Waals surface area contributed by atoms with E-state index in [4.69, 9.17) is 0 Å². The molecule has 0 unspecified atom stereocenters. The van der Waals surface area contributed by atoms with Crippen molar-refractivity contribution >= 4 is 23.4 Å². The van der Waals surface area contributed by atoms with Crippen molar-refractivity contribution in [3.63, 3.8) is 0 Å². The van der Waals surface area contributed by atoms with Crippen LogP contribution in [0.5, 0.6) is 0 Å². The Morgan fingerprint density at radius 1 is 1.71 bits per heavy atom. The van der Waals surface area contributed by atoms with E-state index in [2.05, 4.69) is 12.2 Å². The Balaban J connectivity index is 3.56. The molecule has 0 bridgehead atoms. The Bertz CT molecular complexity index is 86.1. The van der Waals surface area contributed by atoms with Gasteiger partial charge in [-0.15, -0.1) is 0 Å². The van der Waals surface area contributed by atoms with E-state index in [-0.39, 0.29) is 5.92 Å². The van der Waals surface area contributed by atoms with E-state index in [1.165, 1.54) is 0 Å². The fourth-order valence-corrected chi connectivity index (χ4v) is 0.136. The Hall–Kier alpha value is -0.240. The summed E-state index contributed by atoms with van der Waals surface area (Å²) in [4.78, 5) is 10.3. The summed E-state index contributed by atoms with van der Waals surface area (Å²) < 4.78 is 0. The van der Waals surface area contributed by atoms with Gasteiger partial charge in [-0.05, 0) is 5.92 Å². The zero-order valence-corrected chi connectivity index (χ0v) is 5.29. The first kappa shape index (κ1) is 6.76. The predicted octanol–water partition coefficient (Wildman–Crippen LogP) is 1.21. The zero-order valence-electron chi connectivity index (χ0n) is 4.47. The van der Waals surface area contributed by atoms with Crippen LogP contribution < -0.4 is 0 Å². The van der Waals surface area contributed by atoms with Crippen molar-refractivity contribution in [1.29, 1.82) is 0 Å². The molecule has 0 aromatic heterocycles. The molecule has 0 fully saturated rings. The molecular weight excluding hydrogens is 108 g/mol. The summed E-state index contributed by atoms with van der Waals surface area (Å²) in [5.74, 6) is 0.229. The van der Waals surface area contributed by atoms with E-state index in [0.29, 0.717) is 4.86 Å². The standard InChI is InChI=1S/C5H8OS/c1-4(2)5(7)3-6/h3-4H,1-2H3. The number of rotatable bonds is 2. The van der Waals surface area contributed by atoms with Crippen LogP contribution in [-0.4, -0.2) is 11.2 Å². The van der Waals surface area contributed by atoms with Crippen LogP contribution >= 0.6 is 12.2 Å². The Morgan fingerprint density at radius 2 is 2.14 bits per heavy atom. The number of thiocarbonyl (C=S) groups is 1. The minimum absolute atomic E-state index is 0.229. The van der Waals surface area contributed by atoms with Crippen molar-refractivity contribution in [2.45, 2.75) is 13.8 Å². The van der Waals surface area contributed by atoms with Gasteiger partial charge in [-0.2, -0.15) is 0 Å². The third-order valence-corrected chi connectivity index (χ3v) is 1.25. The summed E-state index contributed by atoms with van der Waals surface area (Å²) >= 11 is 4.61. The number of carbonyl (C=O) groups is 1. The summed E-state index contributed by atoms with van der Waals surface area (Å²) in [6.45, 7) is 3.80. The molecule has 0 amide bonds. The first-order chi connectivity index (χ1) is 3.18. The van der Waals surface area contributed by atoms with Crippen molar-refractivity contribution in [2.75, 3.05) is 0 Å². The van der Waals surface area contributed by atoms with Gasteiger partial charge in [0.15, 0.2) is 6.29 Å². The highest BCUT2D eigenvalue weighted by Gasteiger charge is 1.96. The molecule has 0 aliphatic rings. The molecule has 2 heteroatoms. The molecule has 0 atom stereocenters. The van der Waals surface area contributed by atoms with Crippen LogP contribution in [0.1, 0.15) is 13.8 Å². The van der Waals surface area contributed by atoms with Gasteiger partial charge in [0.05, 0.1) is 4.86 Å². The van der Waals surface area contributed by atoms with Crippen molar-refractivity contribution in [2.24, 2.45) is 5.92 Å². The molecule has 0 spiro atoms. The van der Waals surface area contributed by atoms with Crippen LogP contribution in [0.25, 0.3) is 0 Å². The lowest BCUT2D eigenvalue weighted by atomic mass is 10.2. The summed E-state index contributed by atoms with van der Waals surface area (Å²) in [5.41, 5.74) is 0. The second-order valence-corrected chi connectivity index (χ2v) is 2.15. The Kier molecular flexibility index (Phi) is 2.76. The van der Waals surface area contributed by atoms with Gasteiger partial charge in [0, 0.05) is 0 Å². The number of hydrogen-bond donors (Lipinski definition) is 0. The monoisotopic (exact) mass is 116 g/mol. The van der Waals surface area contributed by atoms with Crippen LogP contribution in [0.4, 0.5) is 0 Å². The Labute approximate surface area is 48.7 Å². The van der Waals surface area contributed by atoms with Gasteiger partial charge in [-0.3, -0.25) is 4.79 Å². The maximum Gasteiger partial charge on any atom is 0.157 e. The molecule has 0 radical (unpaired) electrons. The highest BCUT2D eigenvalue weighted by atomic mass is 32.1. The molecule has 40 valence electrons. The molecule has 0 rings (SSSR count). The van der Waals surface area contributed by atoms with Crippen LogP contribution in [0.3, 0.4) is 0 Å². The largest absolute Gasteiger partial charge is 0.297 e.